The van der Waals surface area contributed by atoms with Gasteiger partial charge in [0.1, 0.15) is 11.2 Å². The lowest BCUT2D eigenvalue weighted by atomic mass is 9.54. The van der Waals surface area contributed by atoms with E-state index < -0.39 is 22.2 Å². The fraction of sp³-hybridized carbons (Fsp3) is 0.556. The van der Waals surface area contributed by atoms with Gasteiger partial charge in [0.25, 0.3) is 5.56 Å². The summed E-state index contributed by atoms with van der Waals surface area (Å²) in [5.41, 5.74) is 4.43. The average Bonchev–Trinajstić information content (AvgIpc) is 2.64. The zero-order chi connectivity index (χ0) is 20.1. The Morgan fingerprint density at radius 1 is 1.37 bits per heavy atom. The molecule has 0 aromatic carbocycles. The van der Waals surface area contributed by atoms with E-state index in [2.05, 4.69) is 10.3 Å². The highest BCUT2D eigenvalue weighted by atomic mass is 16.5. The number of nitrogens with two attached hydrogens (primary N) is 1. The van der Waals surface area contributed by atoms with E-state index >= 15 is 0 Å². The van der Waals surface area contributed by atoms with Crippen LogP contribution in [0.4, 0.5) is 5.69 Å². The van der Waals surface area contributed by atoms with Crippen LogP contribution in [0, 0.1) is 5.41 Å². The summed E-state index contributed by atoms with van der Waals surface area (Å²) >= 11 is 0. The Balaban J connectivity index is 1.93. The normalized spacial score (nSPS) is 23.9. The number of anilines is 1. The van der Waals surface area contributed by atoms with Crippen LogP contribution in [0.1, 0.15) is 27.2 Å². The molecule has 0 bridgehead atoms. The van der Waals surface area contributed by atoms with Crippen molar-refractivity contribution in [3.63, 3.8) is 0 Å². The first-order valence-corrected chi connectivity index (χ1v) is 8.82. The Bertz CT molecular complexity index is 1040. The van der Waals surface area contributed by atoms with Gasteiger partial charge in [-0.1, -0.05) is 13.8 Å². The van der Waals surface area contributed by atoms with Crippen LogP contribution in [-0.4, -0.2) is 38.3 Å². The fourth-order valence-electron chi connectivity index (χ4n) is 3.60. The highest BCUT2D eigenvalue weighted by Crippen LogP contribution is 2.50. The number of aryl methyl sites for hydroxylation is 1. The van der Waals surface area contributed by atoms with Crippen molar-refractivity contribution in [2.75, 3.05) is 11.9 Å². The summed E-state index contributed by atoms with van der Waals surface area (Å²) in [4.78, 5) is 41.4. The van der Waals surface area contributed by atoms with Crippen molar-refractivity contribution in [2.24, 2.45) is 25.2 Å². The van der Waals surface area contributed by atoms with Crippen molar-refractivity contribution in [1.82, 2.24) is 14.1 Å². The number of aromatic nitrogens is 3. The molecule has 0 spiro atoms. The van der Waals surface area contributed by atoms with Crippen LogP contribution in [0.2, 0.25) is 0 Å². The first-order chi connectivity index (χ1) is 12.5. The molecule has 2 unspecified atom stereocenters. The molecule has 1 fully saturated rings. The lowest BCUT2D eigenvalue weighted by Gasteiger charge is -2.57. The second kappa shape index (κ2) is 6.28. The Morgan fingerprint density at radius 2 is 2.04 bits per heavy atom. The van der Waals surface area contributed by atoms with Crippen LogP contribution >= 0.6 is 0 Å². The molecule has 27 heavy (non-hydrogen) atoms. The maximum absolute atomic E-state index is 12.8. The van der Waals surface area contributed by atoms with Gasteiger partial charge in [0.15, 0.2) is 0 Å². The van der Waals surface area contributed by atoms with Gasteiger partial charge in [-0.25, -0.2) is 9.78 Å². The van der Waals surface area contributed by atoms with Gasteiger partial charge in [0.2, 0.25) is 5.91 Å². The number of fused-ring (bicyclic) bond motifs is 1. The first kappa shape index (κ1) is 19.2. The number of hydrogen-bond acceptors (Lipinski definition) is 6. The van der Waals surface area contributed by atoms with Crippen molar-refractivity contribution >= 4 is 22.6 Å². The lowest BCUT2D eigenvalue weighted by Crippen LogP contribution is -2.74. The topological polar surface area (TPSA) is 121 Å². The van der Waals surface area contributed by atoms with Crippen LogP contribution in [0.15, 0.2) is 21.9 Å². The molecule has 0 aliphatic heterocycles. The predicted octanol–water partition coefficient (Wildman–Crippen LogP) is 0.103. The Hall–Kier alpha value is -2.52. The van der Waals surface area contributed by atoms with Crippen LogP contribution < -0.4 is 22.3 Å². The van der Waals surface area contributed by atoms with E-state index in [1.165, 1.54) is 30.9 Å². The number of hydrogen-bond donors (Lipinski definition) is 2. The maximum atomic E-state index is 12.8. The number of nitrogens with one attached hydrogen (secondary N) is 1. The number of amides is 1. The molecule has 2 aromatic rings. The molecule has 1 amide bonds. The molecule has 3 rings (SSSR count). The summed E-state index contributed by atoms with van der Waals surface area (Å²) in [6, 6.07) is 1.51. The van der Waals surface area contributed by atoms with Gasteiger partial charge in [-0.3, -0.25) is 18.7 Å². The minimum absolute atomic E-state index is 0.0882. The number of carbonyl (C=O) groups excluding carboxylic acids is 1. The van der Waals surface area contributed by atoms with E-state index in [-0.39, 0.29) is 23.0 Å². The number of carbonyl (C=O) groups is 1. The SMILES string of the molecule is CCOC1CC(N)(C(=O)Nc2cnc3c(c2)c(=O)n(C)c(=O)n3C)C1(C)C. The van der Waals surface area contributed by atoms with Gasteiger partial charge in [-0.05, 0) is 13.0 Å². The minimum atomic E-state index is -1.09. The van der Waals surface area contributed by atoms with Gasteiger partial charge in [0, 0.05) is 32.5 Å². The Labute approximate surface area is 156 Å². The largest absolute Gasteiger partial charge is 0.378 e. The van der Waals surface area contributed by atoms with Crippen molar-refractivity contribution in [1.29, 1.82) is 0 Å². The Kier molecular flexibility index (Phi) is 4.47. The number of ether oxygens (including phenoxy) is 1. The van der Waals surface area contributed by atoms with Crippen LogP contribution in [0.3, 0.4) is 0 Å². The summed E-state index contributed by atoms with van der Waals surface area (Å²) in [6.45, 7) is 6.27. The second-order valence-corrected chi connectivity index (χ2v) is 7.60. The molecule has 0 radical (unpaired) electrons. The quantitative estimate of drug-likeness (QED) is 0.782. The van der Waals surface area contributed by atoms with E-state index in [0.717, 1.165) is 4.57 Å². The standard InChI is InChI=1S/C18H25N5O4/c1-6-27-12-8-18(19,17(12,2)3)15(25)21-10-7-11-13(20-9-10)22(4)16(26)23(5)14(11)24/h7,9,12H,6,8,19H2,1-5H3,(H,21,25). The molecule has 146 valence electrons. The van der Waals surface area contributed by atoms with E-state index in [1.807, 2.05) is 20.8 Å². The molecule has 0 saturated heterocycles. The van der Waals surface area contributed by atoms with Crippen LogP contribution in [-0.2, 0) is 23.6 Å². The maximum Gasteiger partial charge on any atom is 0.332 e. The lowest BCUT2D eigenvalue weighted by molar-refractivity contribution is -0.166. The molecular weight excluding hydrogens is 350 g/mol. The molecule has 2 atom stereocenters. The number of pyridine rings is 1. The van der Waals surface area contributed by atoms with Crippen molar-refractivity contribution in [3.8, 4) is 0 Å². The first-order valence-electron chi connectivity index (χ1n) is 8.82. The van der Waals surface area contributed by atoms with Gasteiger partial charge >= 0.3 is 5.69 Å². The highest BCUT2D eigenvalue weighted by molar-refractivity contribution is 6.00. The molecule has 1 aliphatic carbocycles. The van der Waals surface area contributed by atoms with E-state index in [0.29, 0.717) is 18.7 Å². The molecule has 1 saturated carbocycles. The minimum Gasteiger partial charge on any atom is -0.378 e. The summed E-state index contributed by atoms with van der Waals surface area (Å²) in [6.07, 6.45) is 1.74. The molecular formula is C18H25N5O4. The molecule has 1 aliphatic rings. The number of rotatable bonds is 4. The third-order valence-corrected chi connectivity index (χ3v) is 5.79. The molecule has 9 nitrogen and oxygen atoms in total. The van der Waals surface area contributed by atoms with E-state index in [1.54, 1.807) is 0 Å². The van der Waals surface area contributed by atoms with Gasteiger partial charge in [-0.15, -0.1) is 0 Å². The smallest absolute Gasteiger partial charge is 0.332 e. The monoisotopic (exact) mass is 375 g/mol. The van der Waals surface area contributed by atoms with Gasteiger partial charge < -0.3 is 15.8 Å². The summed E-state index contributed by atoms with van der Waals surface area (Å²) in [5, 5.41) is 3.00. The summed E-state index contributed by atoms with van der Waals surface area (Å²) in [7, 11) is 2.93. The highest BCUT2D eigenvalue weighted by Gasteiger charge is 2.62. The van der Waals surface area contributed by atoms with Crippen molar-refractivity contribution in [3.05, 3.63) is 33.1 Å². The number of nitrogens with zero attached hydrogens (tertiary/aromatic N) is 3. The summed E-state index contributed by atoms with van der Waals surface area (Å²) < 4.78 is 7.94. The predicted molar refractivity (Wildman–Crippen MR) is 102 cm³/mol. The zero-order valence-corrected chi connectivity index (χ0v) is 16.2. The second-order valence-electron chi connectivity index (χ2n) is 7.60. The average molecular weight is 375 g/mol. The fourth-order valence-corrected chi connectivity index (χ4v) is 3.60. The van der Waals surface area contributed by atoms with Gasteiger partial charge in [-0.2, -0.15) is 0 Å². The van der Waals surface area contributed by atoms with Crippen molar-refractivity contribution < 1.29 is 9.53 Å². The molecule has 9 heteroatoms. The third kappa shape index (κ3) is 2.69. The van der Waals surface area contributed by atoms with Crippen LogP contribution in [0.25, 0.3) is 11.0 Å². The van der Waals surface area contributed by atoms with Crippen molar-refractivity contribution in [2.45, 2.75) is 38.8 Å². The van der Waals surface area contributed by atoms with E-state index in [9.17, 15) is 14.4 Å². The molecule has 3 N–H and O–H groups in total. The van der Waals surface area contributed by atoms with Gasteiger partial charge in [0.05, 0.1) is 23.4 Å². The molecule has 2 heterocycles. The van der Waals surface area contributed by atoms with E-state index in [4.69, 9.17) is 10.5 Å². The zero-order valence-electron chi connectivity index (χ0n) is 16.2. The Morgan fingerprint density at radius 3 is 2.63 bits per heavy atom. The summed E-state index contributed by atoms with van der Waals surface area (Å²) in [5.74, 6) is -0.355. The third-order valence-electron chi connectivity index (χ3n) is 5.79. The van der Waals surface area contributed by atoms with Crippen LogP contribution in [0.5, 0.6) is 0 Å². The molecule has 2 aromatic heterocycles.